The van der Waals surface area contributed by atoms with Gasteiger partial charge in [0.05, 0.1) is 0 Å². The molecule has 2 heterocycles. The molecule has 0 bridgehead atoms. The fraction of sp³-hybridized carbons (Fsp3) is 0.179. The van der Waals surface area contributed by atoms with Crippen molar-refractivity contribution in [3.8, 4) is 0 Å². The van der Waals surface area contributed by atoms with Crippen molar-refractivity contribution >= 4 is 27.8 Å². The van der Waals surface area contributed by atoms with Gasteiger partial charge < -0.3 is 14.7 Å². The van der Waals surface area contributed by atoms with E-state index in [1.54, 1.807) is 0 Å². The number of carboxylic acids is 1. The Morgan fingerprint density at radius 1 is 0.970 bits per heavy atom. The molecule has 0 spiro atoms. The van der Waals surface area contributed by atoms with Crippen LogP contribution >= 0.6 is 0 Å². The highest BCUT2D eigenvalue weighted by atomic mass is 16.4. The van der Waals surface area contributed by atoms with Crippen molar-refractivity contribution in [3.05, 3.63) is 107 Å². The summed E-state index contributed by atoms with van der Waals surface area (Å²) >= 11 is 0. The van der Waals surface area contributed by atoms with E-state index >= 15 is 0 Å². The summed E-state index contributed by atoms with van der Waals surface area (Å²) in [5, 5.41) is 15.4. The van der Waals surface area contributed by atoms with Crippen molar-refractivity contribution in [1.82, 2.24) is 14.9 Å². The largest absolute Gasteiger partial charge is 0.480 e. The highest BCUT2D eigenvalue weighted by Gasteiger charge is 2.20. The van der Waals surface area contributed by atoms with Gasteiger partial charge in [-0.15, -0.1) is 0 Å². The van der Waals surface area contributed by atoms with Gasteiger partial charge in [0.15, 0.2) is 0 Å². The van der Waals surface area contributed by atoms with Gasteiger partial charge >= 0.3 is 5.97 Å². The molecular formula is C28H27N3O2. The number of hydrogen-bond donors (Lipinski definition) is 3. The number of aliphatic carboxylic acids is 1. The summed E-state index contributed by atoms with van der Waals surface area (Å²) in [5.41, 5.74) is 6.77. The van der Waals surface area contributed by atoms with E-state index in [9.17, 15) is 9.90 Å². The summed E-state index contributed by atoms with van der Waals surface area (Å²) < 4.78 is 2.24. The highest BCUT2D eigenvalue weighted by Crippen LogP contribution is 2.24. The Bertz CT molecular complexity index is 1410. The standard InChI is InChI=1S/C28H27N3O2/c1-19-10-12-20(13-11-19)17-31-18-22(24-7-3-5-9-27(24)31)16-30-26(28(32)33)14-21-15-29-25-8-4-2-6-23(21)25/h2-13,15,18,26,29-30H,14,16-17H2,1H3,(H,32,33)/t26-/m0/s1. The average Bonchev–Trinajstić information content (AvgIpc) is 3.39. The van der Waals surface area contributed by atoms with Crippen molar-refractivity contribution in [2.24, 2.45) is 0 Å². The molecule has 0 aliphatic heterocycles. The van der Waals surface area contributed by atoms with Gasteiger partial charge in [-0.2, -0.15) is 0 Å². The summed E-state index contributed by atoms with van der Waals surface area (Å²) in [7, 11) is 0. The van der Waals surface area contributed by atoms with Crippen molar-refractivity contribution in [3.63, 3.8) is 0 Å². The number of carbonyl (C=O) groups is 1. The lowest BCUT2D eigenvalue weighted by molar-refractivity contribution is -0.139. The van der Waals surface area contributed by atoms with Crippen molar-refractivity contribution in [2.45, 2.75) is 32.5 Å². The number of para-hydroxylation sites is 2. The highest BCUT2D eigenvalue weighted by molar-refractivity contribution is 5.85. The number of aromatic amines is 1. The Hall–Kier alpha value is -3.83. The number of carboxylic acid groups (broad SMARTS) is 1. The molecule has 33 heavy (non-hydrogen) atoms. The monoisotopic (exact) mass is 437 g/mol. The summed E-state index contributed by atoms with van der Waals surface area (Å²) in [4.78, 5) is 15.3. The maximum absolute atomic E-state index is 12.0. The Morgan fingerprint density at radius 2 is 1.70 bits per heavy atom. The third kappa shape index (κ3) is 4.41. The van der Waals surface area contributed by atoms with Crippen LogP contribution in [0.15, 0.2) is 85.2 Å². The number of fused-ring (bicyclic) bond motifs is 2. The molecule has 5 heteroatoms. The molecule has 0 unspecified atom stereocenters. The molecule has 5 aromatic rings. The molecule has 3 N–H and O–H groups in total. The third-order valence-electron chi connectivity index (χ3n) is 6.28. The summed E-state index contributed by atoms with van der Waals surface area (Å²) in [6.07, 6.45) is 4.47. The number of rotatable bonds is 8. The molecule has 2 aromatic heterocycles. The lowest BCUT2D eigenvalue weighted by Gasteiger charge is -2.14. The zero-order valence-electron chi connectivity index (χ0n) is 18.6. The summed E-state index contributed by atoms with van der Waals surface area (Å²) in [6, 6.07) is 24.2. The number of nitrogens with one attached hydrogen (secondary N) is 2. The predicted molar refractivity (Wildman–Crippen MR) is 132 cm³/mol. The number of benzene rings is 3. The summed E-state index contributed by atoms with van der Waals surface area (Å²) in [6.45, 7) is 3.35. The average molecular weight is 438 g/mol. The molecule has 0 saturated carbocycles. The molecular weight excluding hydrogens is 410 g/mol. The normalized spacial score (nSPS) is 12.4. The van der Waals surface area contributed by atoms with Gasteiger partial charge in [-0.1, -0.05) is 66.2 Å². The minimum Gasteiger partial charge on any atom is -0.480 e. The van der Waals surface area contributed by atoms with Crippen LogP contribution in [-0.4, -0.2) is 26.7 Å². The molecule has 1 atom stereocenters. The Labute approximate surface area is 192 Å². The number of hydrogen-bond acceptors (Lipinski definition) is 2. The van der Waals surface area contributed by atoms with Crippen LogP contribution in [0.3, 0.4) is 0 Å². The minimum absolute atomic E-state index is 0.418. The van der Waals surface area contributed by atoms with E-state index in [1.807, 2.05) is 42.6 Å². The van der Waals surface area contributed by atoms with E-state index in [-0.39, 0.29) is 0 Å². The van der Waals surface area contributed by atoms with Crippen LogP contribution in [0.25, 0.3) is 21.8 Å². The van der Waals surface area contributed by atoms with Gasteiger partial charge in [-0.05, 0) is 35.7 Å². The lowest BCUT2D eigenvalue weighted by atomic mass is 10.0. The van der Waals surface area contributed by atoms with Gasteiger partial charge in [0, 0.05) is 53.7 Å². The first-order valence-corrected chi connectivity index (χ1v) is 11.2. The Balaban J connectivity index is 1.37. The maximum Gasteiger partial charge on any atom is 0.321 e. The molecule has 0 amide bonds. The van der Waals surface area contributed by atoms with E-state index in [0.29, 0.717) is 13.0 Å². The van der Waals surface area contributed by atoms with Gasteiger partial charge in [0.1, 0.15) is 6.04 Å². The van der Waals surface area contributed by atoms with Gasteiger partial charge in [-0.3, -0.25) is 10.1 Å². The fourth-order valence-electron chi connectivity index (χ4n) is 4.49. The Kier molecular flexibility index (Phi) is 5.71. The van der Waals surface area contributed by atoms with Gasteiger partial charge in [-0.25, -0.2) is 0 Å². The second kappa shape index (κ2) is 8.96. The molecule has 5 nitrogen and oxygen atoms in total. The van der Waals surface area contributed by atoms with Crippen molar-refractivity contribution < 1.29 is 9.90 Å². The zero-order chi connectivity index (χ0) is 22.8. The van der Waals surface area contributed by atoms with Crippen molar-refractivity contribution in [2.75, 3.05) is 0 Å². The van der Waals surface area contributed by atoms with Crippen LogP contribution in [0.5, 0.6) is 0 Å². The van der Waals surface area contributed by atoms with Crippen molar-refractivity contribution in [1.29, 1.82) is 0 Å². The van der Waals surface area contributed by atoms with Crippen LogP contribution in [0.1, 0.15) is 22.3 Å². The molecule has 0 aliphatic rings. The van der Waals surface area contributed by atoms with Crippen LogP contribution in [0.4, 0.5) is 0 Å². The van der Waals surface area contributed by atoms with Gasteiger partial charge in [0.25, 0.3) is 0 Å². The SMILES string of the molecule is Cc1ccc(Cn2cc(CN[C@@H](Cc3c[nH]c4ccccc34)C(=O)O)c3ccccc32)cc1. The van der Waals surface area contributed by atoms with E-state index in [4.69, 9.17) is 0 Å². The van der Waals surface area contributed by atoms with Crippen LogP contribution in [0.2, 0.25) is 0 Å². The number of H-pyrrole nitrogens is 1. The number of aryl methyl sites for hydroxylation is 1. The molecule has 0 aliphatic carbocycles. The van der Waals surface area contributed by atoms with Crippen LogP contribution < -0.4 is 5.32 Å². The zero-order valence-corrected chi connectivity index (χ0v) is 18.6. The first-order valence-electron chi connectivity index (χ1n) is 11.2. The Morgan fingerprint density at radius 3 is 2.48 bits per heavy atom. The van der Waals surface area contributed by atoms with Crippen LogP contribution in [0, 0.1) is 6.92 Å². The molecule has 0 radical (unpaired) electrons. The maximum atomic E-state index is 12.0. The molecule has 3 aromatic carbocycles. The van der Waals surface area contributed by atoms with Crippen LogP contribution in [-0.2, 0) is 24.3 Å². The smallest absolute Gasteiger partial charge is 0.321 e. The predicted octanol–water partition coefficient (Wildman–Crippen LogP) is 5.26. The van der Waals surface area contributed by atoms with E-state index in [2.05, 4.69) is 64.4 Å². The first kappa shape index (κ1) is 21.0. The lowest BCUT2D eigenvalue weighted by Crippen LogP contribution is -2.38. The topological polar surface area (TPSA) is 70.0 Å². The van der Waals surface area contributed by atoms with E-state index < -0.39 is 12.0 Å². The molecule has 166 valence electrons. The quantitative estimate of drug-likeness (QED) is 0.310. The fourth-order valence-corrected chi connectivity index (χ4v) is 4.49. The van der Waals surface area contributed by atoms with Gasteiger partial charge in [0.2, 0.25) is 0 Å². The molecule has 5 rings (SSSR count). The number of aromatic nitrogens is 2. The molecule has 0 saturated heterocycles. The minimum atomic E-state index is -0.844. The van der Waals surface area contributed by atoms with E-state index in [0.717, 1.165) is 39.5 Å². The molecule has 0 fully saturated rings. The second-order valence-corrected chi connectivity index (χ2v) is 8.62. The summed E-state index contributed by atoms with van der Waals surface area (Å²) in [5.74, 6) is -0.844. The van der Waals surface area contributed by atoms with E-state index in [1.165, 1.54) is 11.1 Å². The number of nitrogens with zero attached hydrogens (tertiary/aromatic N) is 1. The third-order valence-corrected chi connectivity index (χ3v) is 6.28. The second-order valence-electron chi connectivity index (χ2n) is 8.62. The first-order chi connectivity index (χ1) is 16.1.